The van der Waals surface area contributed by atoms with Gasteiger partial charge >= 0.3 is 0 Å². The van der Waals surface area contributed by atoms with Gasteiger partial charge in [-0.05, 0) is 30.1 Å². The van der Waals surface area contributed by atoms with E-state index >= 15 is 0 Å². The molecule has 0 nitrogen and oxygen atoms in total. The molecule has 2 rings (SSSR count). The van der Waals surface area contributed by atoms with E-state index in [-0.39, 0.29) is 0 Å². The lowest BCUT2D eigenvalue weighted by molar-refractivity contribution is 0.214. The van der Waals surface area contributed by atoms with Crippen molar-refractivity contribution in [3.8, 4) is 0 Å². The van der Waals surface area contributed by atoms with Crippen LogP contribution in [0.3, 0.4) is 0 Å². The smallest absolute Gasteiger partial charge is 0.0243 e. The van der Waals surface area contributed by atoms with E-state index in [0.717, 1.165) is 17.3 Å². The Labute approximate surface area is 64.0 Å². The first-order chi connectivity index (χ1) is 4.76. The van der Waals surface area contributed by atoms with Gasteiger partial charge in [-0.1, -0.05) is 33.1 Å². The molecule has 0 bridgehead atoms. The van der Waals surface area contributed by atoms with Crippen LogP contribution in [-0.4, -0.2) is 0 Å². The summed E-state index contributed by atoms with van der Waals surface area (Å²) in [7, 11) is 0. The van der Waals surface area contributed by atoms with Crippen LogP contribution >= 0.6 is 0 Å². The lowest BCUT2D eigenvalue weighted by atomic mass is 9.76. The second-order valence-corrected chi connectivity index (χ2v) is 4.49. The van der Waals surface area contributed by atoms with Crippen LogP contribution in [0.25, 0.3) is 0 Å². The maximum Gasteiger partial charge on any atom is -0.0243 e. The van der Waals surface area contributed by atoms with Gasteiger partial charge in [-0.15, -0.1) is 0 Å². The van der Waals surface area contributed by atoms with E-state index in [0.29, 0.717) is 0 Å². The third kappa shape index (κ3) is 0.741. The first-order valence-electron chi connectivity index (χ1n) is 4.76. The van der Waals surface area contributed by atoms with E-state index < -0.39 is 0 Å². The van der Waals surface area contributed by atoms with Crippen molar-refractivity contribution in [1.82, 2.24) is 0 Å². The van der Waals surface area contributed by atoms with Crippen molar-refractivity contribution < 1.29 is 0 Å². The van der Waals surface area contributed by atoms with Crippen molar-refractivity contribution >= 4 is 0 Å². The van der Waals surface area contributed by atoms with Crippen LogP contribution in [-0.2, 0) is 0 Å². The molecule has 0 aromatic carbocycles. The summed E-state index contributed by atoms with van der Waals surface area (Å²) in [4.78, 5) is 0. The zero-order valence-electron chi connectivity index (χ0n) is 7.19. The lowest BCUT2D eigenvalue weighted by Gasteiger charge is -2.29. The van der Waals surface area contributed by atoms with Gasteiger partial charge in [0.2, 0.25) is 0 Å². The van der Waals surface area contributed by atoms with Crippen molar-refractivity contribution in [2.24, 2.45) is 17.3 Å². The Bertz CT molecular complexity index is 139. The maximum atomic E-state index is 2.46. The van der Waals surface area contributed by atoms with E-state index in [9.17, 15) is 0 Å². The molecule has 1 spiro atoms. The van der Waals surface area contributed by atoms with Crippen LogP contribution in [0.2, 0.25) is 0 Å². The fourth-order valence-electron chi connectivity index (χ4n) is 2.98. The predicted octanol–water partition coefficient (Wildman–Crippen LogP) is 3.22. The Morgan fingerprint density at radius 2 is 1.80 bits per heavy atom. The highest BCUT2D eigenvalue weighted by Gasteiger charge is 2.54. The number of hydrogen-bond acceptors (Lipinski definition) is 0. The molecule has 0 radical (unpaired) electrons. The Balaban J connectivity index is 2.06. The normalized spacial score (nSPS) is 53.4. The fraction of sp³-hybridized carbons (Fsp3) is 1.00. The molecule has 3 unspecified atom stereocenters. The molecule has 0 heteroatoms. The summed E-state index contributed by atoms with van der Waals surface area (Å²) < 4.78 is 0. The molecular weight excluding hydrogens is 120 g/mol. The zero-order chi connectivity index (χ0) is 7.19. The van der Waals surface area contributed by atoms with E-state index in [1.54, 1.807) is 0 Å². The van der Waals surface area contributed by atoms with Crippen LogP contribution in [0, 0.1) is 17.3 Å². The SMILES string of the molecule is CC1CCCCC12CC2C. The predicted molar refractivity (Wildman–Crippen MR) is 43.8 cm³/mol. The van der Waals surface area contributed by atoms with Crippen LogP contribution < -0.4 is 0 Å². The second kappa shape index (κ2) is 1.99. The molecule has 0 saturated heterocycles. The largest absolute Gasteiger partial charge is 0.0620 e. The second-order valence-electron chi connectivity index (χ2n) is 4.49. The third-order valence-electron chi connectivity index (χ3n) is 4.02. The summed E-state index contributed by atoms with van der Waals surface area (Å²) in [6.07, 6.45) is 7.58. The number of hydrogen-bond donors (Lipinski definition) is 0. The van der Waals surface area contributed by atoms with Gasteiger partial charge in [-0.25, -0.2) is 0 Å². The van der Waals surface area contributed by atoms with Gasteiger partial charge in [-0.3, -0.25) is 0 Å². The minimum absolute atomic E-state index is 0.845. The van der Waals surface area contributed by atoms with E-state index in [1.165, 1.54) is 32.1 Å². The summed E-state index contributed by atoms with van der Waals surface area (Å²) in [5, 5.41) is 0. The molecule has 0 N–H and O–H groups in total. The topological polar surface area (TPSA) is 0 Å². The Kier molecular flexibility index (Phi) is 1.33. The minimum Gasteiger partial charge on any atom is -0.0620 e. The molecule has 0 aromatic rings. The molecule has 0 amide bonds. The van der Waals surface area contributed by atoms with E-state index in [4.69, 9.17) is 0 Å². The molecule has 3 atom stereocenters. The van der Waals surface area contributed by atoms with Crippen molar-refractivity contribution in [1.29, 1.82) is 0 Å². The standard InChI is InChI=1S/C10H18/c1-8-5-3-4-6-10(8)7-9(10)2/h8-9H,3-7H2,1-2H3. The first-order valence-corrected chi connectivity index (χ1v) is 4.76. The average molecular weight is 138 g/mol. The highest BCUT2D eigenvalue weighted by Crippen LogP contribution is 2.63. The van der Waals surface area contributed by atoms with Crippen LogP contribution in [0.1, 0.15) is 46.0 Å². The molecule has 0 aliphatic heterocycles. The van der Waals surface area contributed by atoms with Crippen LogP contribution in [0.5, 0.6) is 0 Å². The average Bonchev–Trinajstić information content (AvgIpc) is 2.53. The Morgan fingerprint density at radius 1 is 1.10 bits per heavy atom. The highest BCUT2D eigenvalue weighted by molar-refractivity contribution is 5.04. The van der Waals surface area contributed by atoms with Crippen molar-refractivity contribution in [2.75, 3.05) is 0 Å². The summed E-state index contributed by atoms with van der Waals surface area (Å²) in [5.41, 5.74) is 0.845. The summed E-state index contributed by atoms with van der Waals surface area (Å²) in [5.74, 6) is 2.10. The number of rotatable bonds is 0. The Morgan fingerprint density at radius 3 is 2.20 bits per heavy atom. The van der Waals surface area contributed by atoms with Gasteiger partial charge in [0, 0.05) is 0 Å². The first kappa shape index (κ1) is 6.69. The van der Waals surface area contributed by atoms with Gasteiger partial charge in [0.15, 0.2) is 0 Å². The lowest BCUT2D eigenvalue weighted by Crippen LogP contribution is -2.19. The molecule has 2 saturated carbocycles. The minimum atomic E-state index is 0.845. The molecule has 0 aromatic heterocycles. The van der Waals surface area contributed by atoms with E-state index in [2.05, 4.69) is 13.8 Å². The summed E-state index contributed by atoms with van der Waals surface area (Å²) in [6, 6.07) is 0. The quantitative estimate of drug-likeness (QED) is 0.482. The maximum absolute atomic E-state index is 2.46. The zero-order valence-corrected chi connectivity index (χ0v) is 7.19. The van der Waals surface area contributed by atoms with E-state index in [1.807, 2.05) is 0 Å². The molecule has 2 aliphatic carbocycles. The van der Waals surface area contributed by atoms with Gasteiger partial charge in [-0.2, -0.15) is 0 Å². The van der Waals surface area contributed by atoms with Crippen LogP contribution in [0.15, 0.2) is 0 Å². The molecular formula is C10H18. The highest BCUT2D eigenvalue weighted by atomic mass is 14.6. The molecule has 10 heavy (non-hydrogen) atoms. The third-order valence-corrected chi connectivity index (χ3v) is 4.02. The van der Waals surface area contributed by atoms with Crippen molar-refractivity contribution in [2.45, 2.75) is 46.0 Å². The summed E-state index contributed by atoms with van der Waals surface area (Å²) >= 11 is 0. The monoisotopic (exact) mass is 138 g/mol. The van der Waals surface area contributed by atoms with Gasteiger partial charge in [0.25, 0.3) is 0 Å². The summed E-state index contributed by atoms with van der Waals surface area (Å²) in [6.45, 7) is 4.89. The Hall–Kier alpha value is 0. The molecule has 2 fully saturated rings. The van der Waals surface area contributed by atoms with Gasteiger partial charge < -0.3 is 0 Å². The molecule has 2 aliphatic rings. The van der Waals surface area contributed by atoms with Gasteiger partial charge in [0.1, 0.15) is 0 Å². The van der Waals surface area contributed by atoms with Crippen molar-refractivity contribution in [3.63, 3.8) is 0 Å². The fourth-order valence-corrected chi connectivity index (χ4v) is 2.98. The van der Waals surface area contributed by atoms with Gasteiger partial charge in [0.05, 0.1) is 0 Å². The molecule has 0 heterocycles. The van der Waals surface area contributed by atoms with Crippen molar-refractivity contribution in [3.05, 3.63) is 0 Å². The van der Waals surface area contributed by atoms with Crippen LogP contribution in [0.4, 0.5) is 0 Å². The molecule has 58 valence electrons.